The van der Waals surface area contributed by atoms with Gasteiger partial charge in [0.1, 0.15) is 5.82 Å². The zero-order chi connectivity index (χ0) is 13.6. The fourth-order valence-corrected chi connectivity index (χ4v) is 2.25. The SMILES string of the molecule is C=C1CCN(c2nn(C)c3ccc(F)cc23)C(=O)N1. The summed E-state index contributed by atoms with van der Waals surface area (Å²) in [5, 5.41) is 7.61. The Morgan fingerprint density at radius 3 is 3.00 bits per heavy atom. The van der Waals surface area contributed by atoms with E-state index in [4.69, 9.17) is 0 Å². The van der Waals surface area contributed by atoms with E-state index in [-0.39, 0.29) is 11.8 Å². The first-order valence-electron chi connectivity index (χ1n) is 5.95. The van der Waals surface area contributed by atoms with E-state index in [1.807, 2.05) is 0 Å². The zero-order valence-electron chi connectivity index (χ0n) is 10.5. The summed E-state index contributed by atoms with van der Waals surface area (Å²) in [6.07, 6.45) is 0.652. The van der Waals surface area contributed by atoms with Gasteiger partial charge in [0.2, 0.25) is 0 Å². The Balaban J connectivity index is 2.12. The molecule has 1 aliphatic rings. The van der Waals surface area contributed by atoms with Crippen LogP contribution >= 0.6 is 0 Å². The highest BCUT2D eigenvalue weighted by molar-refractivity contribution is 6.01. The molecule has 19 heavy (non-hydrogen) atoms. The number of amides is 2. The second kappa shape index (κ2) is 4.08. The number of hydrogen-bond acceptors (Lipinski definition) is 2. The molecule has 3 rings (SSSR count). The van der Waals surface area contributed by atoms with Crippen LogP contribution in [0.3, 0.4) is 0 Å². The largest absolute Gasteiger partial charge is 0.327 e. The lowest BCUT2D eigenvalue weighted by atomic mass is 10.2. The minimum absolute atomic E-state index is 0.277. The molecule has 2 heterocycles. The van der Waals surface area contributed by atoms with Gasteiger partial charge < -0.3 is 5.32 Å². The van der Waals surface area contributed by atoms with Gasteiger partial charge in [-0.3, -0.25) is 9.58 Å². The number of aromatic nitrogens is 2. The molecule has 0 bridgehead atoms. The Hall–Kier alpha value is -2.37. The zero-order valence-corrected chi connectivity index (χ0v) is 10.5. The van der Waals surface area contributed by atoms with Crippen LogP contribution in [0.25, 0.3) is 10.9 Å². The predicted octanol–water partition coefficient (Wildman–Crippen LogP) is 2.15. The molecule has 6 heteroatoms. The van der Waals surface area contributed by atoms with Crippen LogP contribution in [0.4, 0.5) is 15.0 Å². The number of urea groups is 1. The van der Waals surface area contributed by atoms with Crippen molar-refractivity contribution in [2.45, 2.75) is 6.42 Å². The molecule has 0 radical (unpaired) electrons. The summed E-state index contributed by atoms with van der Waals surface area (Å²) in [7, 11) is 1.77. The second-order valence-electron chi connectivity index (χ2n) is 4.54. The van der Waals surface area contributed by atoms with E-state index in [9.17, 15) is 9.18 Å². The molecule has 1 aromatic heterocycles. The van der Waals surface area contributed by atoms with Gasteiger partial charge in [0, 0.05) is 31.1 Å². The molecule has 1 N–H and O–H groups in total. The van der Waals surface area contributed by atoms with Gasteiger partial charge in [-0.05, 0) is 18.2 Å². The van der Waals surface area contributed by atoms with Gasteiger partial charge in [0.25, 0.3) is 0 Å². The van der Waals surface area contributed by atoms with Crippen molar-refractivity contribution >= 4 is 22.8 Å². The molecule has 0 spiro atoms. The van der Waals surface area contributed by atoms with Crippen LogP contribution in [-0.4, -0.2) is 22.4 Å². The Labute approximate surface area is 109 Å². The highest BCUT2D eigenvalue weighted by atomic mass is 19.1. The van der Waals surface area contributed by atoms with Crippen molar-refractivity contribution in [1.82, 2.24) is 15.1 Å². The van der Waals surface area contributed by atoms with Crippen molar-refractivity contribution in [3.8, 4) is 0 Å². The Morgan fingerprint density at radius 1 is 1.47 bits per heavy atom. The van der Waals surface area contributed by atoms with Crippen molar-refractivity contribution in [2.75, 3.05) is 11.4 Å². The van der Waals surface area contributed by atoms with Crippen LogP contribution in [0.2, 0.25) is 0 Å². The average Bonchev–Trinajstić information content (AvgIpc) is 2.66. The third-order valence-electron chi connectivity index (χ3n) is 3.21. The van der Waals surface area contributed by atoms with E-state index in [1.54, 1.807) is 17.8 Å². The van der Waals surface area contributed by atoms with Crippen molar-refractivity contribution in [2.24, 2.45) is 7.05 Å². The molecule has 0 atom stereocenters. The van der Waals surface area contributed by atoms with Crippen LogP contribution in [0.15, 0.2) is 30.5 Å². The molecule has 0 aliphatic carbocycles. The highest BCUT2D eigenvalue weighted by Crippen LogP contribution is 2.28. The van der Waals surface area contributed by atoms with Crippen LogP contribution in [-0.2, 0) is 7.05 Å². The van der Waals surface area contributed by atoms with Crippen LogP contribution in [0.1, 0.15) is 6.42 Å². The van der Waals surface area contributed by atoms with Crippen LogP contribution in [0, 0.1) is 5.82 Å². The van der Waals surface area contributed by atoms with Crippen molar-refractivity contribution in [3.05, 3.63) is 36.3 Å². The lowest BCUT2D eigenvalue weighted by molar-refractivity contribution is 0.246. The number of hydrogen-bond donors (Lipinski definition) is 1. The van der Waals surface area contributed by atoms with Crippen molar-refractivity contribution in [1.29, 1.82) is 0 Å². The number of nitrogens with one attached hydrogen (secondary N) is 1. The van der Waals surface area contributed by atoms with Gasteiger partial charge in [-0.25, -0.2) is 9.18 Å². The van der Waals surface area contributed by atoms with Crippen molar-refractivity contribution in [3.63, 3.8) is 0 Å². The lowest BCUT2D eigenvalue weighted by Crippen LogP contribution is -2.45. The Morgan fingerprint density at radius 2 is 2.26 bits per heavy atom. The maximum Gasteiger partial charge on any atom is 0.327 e. The van der Waals surface area contributed by atoms with Crippen LogP contribution < -0.4 is 10.2 Å². The van der Waals surface area contributed by atoms with E-state index in [2.05, 4.69) is 17.0 Å². The van der Waals surface area contributed by atoms with Gasteiger partial charge in [0.15, 0.2) is 5.82 Å². The lowest BCUT2D eigenvalue weighted by Gasteiger charge is -2.27. The minimum atomic E-state index is -0.344. The van der Waals surface area contributed by atoms with E-state index in [0.717, 1.165) is 5.52 Å². The summed E-state index contributed by atoms with van der Waals surface area (Å²) in [6.45, 7) is 4.22. The fourth-order valence-electron chi connectivity index (χ4n) is 2.25. The van der Waals surface area contributed by atoms with Crippen molar-refractivity contribution < 1.29 is 9.18 Å². The quantitative estimate of drug-likeness (QED) is 0.854. The summed E-state index contributed by atoms with van der Waals surface area (Å²) in [5.41, 5.74) is 1.47. The van der Waals surface area contributed by atoms with E-state index in [1.165, 1.54) is 17.0 Å². The van der Waals surface area contributed by atoms with E-state index in [0.29, 0.717) is 29.9 Å². The molecule has 1 aliphatic heterocycles. The summed E-state index contributed by atoms with van der Waals surface area (Å²) in [4.78, 5) is 13.5. The summed E-state index contributed by atoms with van der Waals surface area (Å²) < 4.78 is 15.0. The number of nitrogens with zero attached hydrogens (tertiary/aromatic N) is 3. The van der Waals surface area contributed by atoms with Gasteiger partial charge in [-0.15, -0.1) is 0 Å². The Bertz CT molecular complexity index is 691. The number of carbonyl (C=O) groups excluding carboxylic acids is 1. The number of fused-ring (bicyclic) bond motifs is 1. The van der Waals surface area contributed by atoms with Gasteiger partial charge >= 0.3 is 6.03 Å². The van der Waals surface area contributed by atoms with E-state index < -0.39 is 0 Å². The summed E-state index contributed by atoms with van der Waals surface area (Å²) in [5.74, 6) is 0.130. The average molecular weight is 260 g/mol. The third kappa shape index (κ3) is 1.85. The molecule has 0 unspecified atom stereocenters. The maximum atomic E-state index is 13.4. The van der Waals surface area contributed by atoms with Crippen LogP contribution in [0.5, 0.6) is 0 Å². The molecular formula is C13H13FN4O. The topological polar surface area (TPSA) is 50.2 Å². The fraction of sp³-hybridized carbons (Fsp3) is 0.231. The number of halogens is 1. The molecule has 98 valence electrons. The minimum Gasteiger partial charge on any atom is -0.312 e. The molecule has 1 fully saturated rings. The number of anilines is 1. The Kier molecular flexibility index (Phi) is 2.51. The molecule has 1 aromatic carbocycles. The molecule has 1 saturated heterocycles. The standard InChI is InChI=1S/C13H13FN4O/c1-8-5-6-18(13(19)15-8)12-10-7-9(14)3-4-11(10)17(2)16-12/h3-4,7H,1,5-6H2,2H3,(H,15,19). The molecule has 5 nitrogen and oxygen atoms in total. The first-order valence-corrected chi connectivity index (χ1v) is 5.95. The summed E-state index contributed by atoms with van der Waals surface area (Å²) >= 11 is 0. The van der Waals surface area contributed by atoms with E-state index >= 15 is 0 Å². The maximum absolute atomic E-state index is 13.4. The number of benzene rings is 1. The van der Waals surface area contributed by atoms with Gasteiger partial charge in [-0.2, -0.15) is 5.10 Å². The third-order valence-corrected chi connectivity index (χ3v) is 3.21. The number of carbonyl (C=O) groups is 1. The molecule has 2 amide bonds. The number of rotatable bonds is 1. The predicted molar refractivity (Wildman–Crippen MR) is 70.3 cm³/mol. The first-order chi connectivity index (χ1) is 9.06. The first kappa shape index (κ1) is 11.7. The molecule has 2 aromatic rings. The molecule has 0 saturated carbocycles. The monoisotopic (exact) mass is 260 g/mol. The highest BCUT2D eigenvalue weighted by Gasteiger charge is 2.25. The normalized spacial score (nSPS) is 16.0. The summed E-state index contributed by atoms with van der Waals surface area (Å²) in [6, 6.07) is 4.16. The van der Waals surface area contributed by atoms with Gasteiger partial charge in [-0.1, -0.05) is 6.58 Å². The van der Waals surface area contributed by atoms with Gasteiger partial charge in [0.05, 0.1) is 5.52 Å². The smallest absolute Gasteiger partial charge is 0.312 e. The molecular weight excluding hydrogens is 247 g/mol. The second-order valence-corrected chi connectivity index (χ2v) is 4.54. The number of aryl methyl sites for hydroxylation is 1.